The third-order valence-corrected chi connectivity index (χ3v) is 11.5. The lowest BCUT2D eigenvalue weighted by molar-refractivity contribution is -0.954. The van der Waals surface area contributed by atoms with Crippen molar-refractivity contribution < 1.29 is 4.48 Å². The number of hydrogen-bond donors (Lipinski definition) is 0. The molecule has 0 saturated heterocycles. The molecule has 0 radical (unpaired) electrons. The Hall–Kier alpha value is -2.12. The van der Waals surface area contributed by atoms with E-state index in [0.29, 0.717) is 0 Å². The summed E-state index contributed by atoms with van der Waals surface area (Å²) in [6.45, 7) is 9.47. The van der Waals surface area contributed by atoms with Crippen molar-refractivity contribution in [2.75, 3.05) is 13.1 Å². The molecular weight excluding hydrogens is 639 g/mol. The molecule has 1 heteroatoms. The Morgan fingerprint density at radius 3 is 0.887 bits per heavy atom. The first-order chi connectivity index (χ1) is 26.3. The molecule has 0 saturated carbocycles. The molecule has 300 valence electrons. The van der Waals surface area contributed by atoms with E-state index in [1.54, 1.807) is 0 Å². The van der Waals surface area contributed by atoms with Gasteiger partial charge in [0.1, 0.15) is 13.1 Å². The number of quaternary nitrogens is 1. The van der Waals surface area contributed by atoms with E-state index < -0.39 is 0 Å². The van der Waals surface area contributed by atoms with Crippen molar-refractivity contribution >= 4 is 0 Å². The van der Waals surface area contributed by atoms with Crippen molar-refractivity contribution in [1.29, 1.82) is 0 Å². The minimum atomic E-state index is 1.15. The van der Waals surface area contributed by atoms with Gasteiger partial charge in [0.15, 0.2) is 0 Å². The zero-order valence-electron chi connectivity index (χ0n) is 35.6. The summed E-state index contributed by atoms with van der Waals surface area (Å²) < 4.78 is 1.19. The van der Waals surface area contributed by atoms with Crippen LogP contribution in [0.15, 0.2) is 85.0 Å². The second-order valence-corrected chi connectivity index (χ2v) is 16.7. The predicted molar refractivity (Wildman–Crippen MR) is 238 cm³/mol. The molecule has 0 heterocycles. The minimum absolute atomic E-state index is 1.15. The number of unbranched alkanes of at least 4 members (excludes halogenated alkanes) is 26. The third-order valence-electron chi connectivity index (χ3n) is 11.5. The number of rotatable bonds is 38. The molecule has 0 fully saturated rings. The topological polar surface area (TPSA) is 0 Å². The summed E-state index contributed by atoms with van der Waals surface area (Å²) in [6, 6.07) is 22.7. The van der Waals surface area contributed by atoms with Crippen LogP contribution in [0.5, 0.6) is 0 Å². The van der Waals surface area contributed by atoms with E-state index >= 15 is 0 Å². The third kappa shape index (κ3) is 28.0. The van der Waals surface area contributed by atoms with Crippen molar-refractivity contribution in [2.45, 2.75) is 220 Å². The van der Waals surface area contributed by atoms with Crippen molar-refractivity contribution in [3.8, 4) is 0 Å². The second-order valence-electron chi connectivity index (χ2n) is 16.7. The highest BCUT2D eigenvalue weighted by atomic mass is 15.3. The van der Waals surface area contributed by atoms with Gasteiger partial charge >= 0.3 is 0 Å². The van der Waals surface area contributed by atoms with Gasteiger partial charge in [0.25, 0.3) is 0 Å². The molecule has 0 aliphatic heterocycles. The maximum atomic E-state index is 2.48. The number of benzene rings is 2. The molecule has 0 amide bonds. The SMILES string of the molecule is CCCCCCCCCCCC/C=C/CCCCC[N+](CCCCC/C=C/CCCCCCCCCCCC)(Cc1ccccc1)Cc1ccccc1. The highest BCUT2D eigenvalue weighted by Crippen LogP contribution is 2.24. The first-order valence-electron chi connectivity index (χ1n) is 23.5. The molecule has 2 rings (SSSR count). The van der Waals surface area contributed by atoms with E-state index in [4.69, 9.17) is 0 Å². The highest BCUT2D eigenvalue weighted by Gasteiger charge is 2.27. The van der Waals surface area contributed by atoms with Crippen LogP contribution in [0.4, 0.5) is 0 Å². The molecule has 0 atom stereocenters. The van der Waals surface area contributed by atoms with E-state index in [1.165, 1.54) is 221 Å². The number of nitrogens with zero attached hydrogens (tertiary/aromatic N) is 1. The first-order valence-corrected chi connectivity index (χ1v) is 23.5. The van der Waals surface area contributed by atoms with Crippen molar-refractivity contribution in [3.05, 3.63) is 96.1 Å². The lowest BCUT2D eigenvalue weighted by atomic mass is 10.0. The average molecular weight is 727 g/mol. The van der Waals surface area contributed by atoms with Gasteiger partial charge < -0.3 is 4.48 Å². The minimum Gasteiger partial charge on any atom is -0.316 e. The van der Waals surface area contributed by atoms with Crippen LogP contribution < -0.4 is 0 Å². The summed E-state index contributed by atoms with van der Waals surface area (Å²) in [5, 5.41) is 0. The maximum Gasteiger partial charge on any atom is 0.105 e. The van der Waals surface area contributed by atoms with Gasteiger partial charge in [-0.15, -0.1) is 0 Å². The largest absolute Gasteiger partial charge is 0.316 e. The maximum absolute atomic E-state index is 2.48. The fourth-order valence-corrected chi connectivity index (χ4v) is 8.17. The standard InChI is InChI=1S/C52H88N/c1-3-5-7-9-11-13-15-17-19-21-23-25-27-29-31-33-41-47-53(49-51-43-37-35-38-44-51,50-52-45-39-36-40-46-52)48-42-34-32-30-28-26-24-22-20-18-16-14-12-10-8-6-4-2/h25-28,35-40,43-46H,3-24,29-34,41-42,47-50H2,1-2H3/q+1/b27-25+,28-26+. The van der Waals surface area contributed by atoms with Crippen molar-refractivity contribution in [3.63, 3.8) is 0 Å². The Morgan fingerprint density at radius 2 is 0.585 bits per heavy atom. The van der Waals surface area contributed by atoms with Gasteiger partial charge in [-0.25, -0.2) is 0 Å². The van der Waals surface area contributed by atoms with Crippen LogP contribution in [0.3, 0.4) is 0 Å². The predicted octanol–water partition coefficient (Wildman–Crippen LogP) is 17.1. The summed E-state index contributed by atoms with van der Waals surface area (Å²) in [6.07, 6.45) is 51.5. The van der Waals surface area contributed by atoms with Crippen LogP contribution in [0.1, 0.15) is 218 Å². The Bertz CT molecular complexity index is 981. The lowest BCUT2D eigenvalue weighted by Crippen LogP contribution is -2.48. The Balaban J connectivity index is 1.70. The summed E-state index contributed by atoms with van der Waals surface area (Å²) in [7, 11) is 0. The number of allylic oxidation sites excluding steroid dienone is 4. The van der Waals surface area contributed by atoms with Crippen molar-refractivity contribution in [1.82, 2.24) is 0 Å². The van der Waals surface area contributed by atoms with Crippen LogP contribution in [0, 0.1) is 0 Å². The lowest BCUT2D eigenvalue weighted by Gasteiger charge is -2.39. The molecule has 0 spiro atoms. The van der Waals surface area contributed by atoms with Crippen LogP contribution >= 0.6 is 0 Å². The van der Waals surface area contributed by atoms with E-state index in [0.717, 1.165) is 13.1 Å². The van der Waals surface area contributed by atoms with E-state index in [9.17, 15) is 0 Å². The average Bonchev–Trinajstić information content (AvgIpc) is 3.18. The Morgan fingerprint density at radius 1 is 0.321 bits per heavy atom. The molecule has 0 bridgehead atoms. The normalized spacial score (nSPS) is 12.1. The van der Waals surface area contributed by atoms with Gasteiger partial charge in [0.05, 0.1) is 13.1 Å². The van der Waals surface area contributed by atoms with Crippen molar-refractivity contribution in [2.24, 2.45) is 0 Å². The quantitative estimate of drug-likeness (QED) is 0.0367. The smallest absolute Gasteiger partial charge is 0.105 e. The molecule has 53 heavy (non-hydrogen) atoms. The molecule has 2 aromatic rings. The van der Waals surface area contributed by atoms with Gasteiger partial charge in [0, 0.05) is 11.1 Å². The summed E-state index contributed by atoms with van der Waals surface area (Å²) in [5.74, 6) is 0. The highest BCUT2D eigenvalue weighted by molar-refractivity contribution is 5.15. The molecule has 1 nitrogen and oxygen atoms in total. The Labute approximate surface area is 332 Å². The molecule has 2 aromatic carbocycles. The molecular formula is C52H88N+. The van der Waals surface area contributed by atoms with E-state index in [2.05, 4.69) is 98.8 Å². The number of hydrogen-bond acceptors (Lipinski definition) is 0. The van der Waals surface area contributed by atoms with Crippen LogP contribution in [-0.4, -0.2) is 17.6 Å². The Kier molecular flexibility index (Phi) is 31.6. The fourth-order valence-electron chi connectivity index (χ4n) is 8.17. The van der Waals surface area contributed by atoms with Gasteiger partial charge in [-0.3, -0.25) is 0 Å². The molecule has 0 N–H and O–H groups in total. The van der Waals surface area contributed by atoms with Gasteiger partial charge in [-0.05, 0) is 77.0 Å². The van der Waals surface area contributed by atoms with Gasteiger partial charge in [-0.2, -0.15) is 0 Å². The second kappa shape index (κ2) is 35.6. The van der Waals surface area contributed by atoms with Crippen LogP contribution in [0.2, 0.25) is 0 Å². The van der Waals surface area contributed by atoms with Crippen LogP contribution in [0.25, 0.3) is 0 Å². The van der Waals surface area contributed by atoms with E-state index in [1.807, 2.05) is 0 Å². The van der Waals surface area contributed by atoms with E-state index in [-0.39, 0.29) is 0 Å². The summed E-state index contributed by atoms with van der Waals surface area (Å²) in [5.41, 5.74) is 2.99. The zero-order valence-corrected chi connectivity index (χ0v) is 35.6. The molecule has 0 aliphatic carbocycles. The fraction of sp³-hybridized carbons (Fsp3) is 0.692. The monoisotopic (exact) mass is 727 g/mol. The molecule has 0 aliphatic rings. The summed E-state index contributed by atoms with van der Waals surface area (Å²) >= 11 is 0. The van der Waals surface area contributed by atoms with Gasteiger partial charge in [-0.1, -0.05) is 214 Å². The van der Waals surface area contributed by atoms with Crippen LogP contribution in [-0.2, 0) is 13.1 Å². The molecule has 0 aromatic heterocycles. The van der Waals surface area contributed by atoms with Gasteiger partial charge in [0.2, 0.25) is 0 Å². The molecule has 0 unspecified atom stereocenters. The summed E-state index contributed by atoms with van der Waals surface area (Å²) in [4.78, 5) is 0. The first kappa shape index (κ1) is 47.0. The zero-order chi connectivity index (χ0) is 37.6.